The lowest BCUT2D eigenvalue weighted by Gasteiger charge is -2.36. The molecule has 0 saturated carbocycles. The zero-order chi connectivity index (χ0) is 18.1. The third-order valence-electron chi connectivity index (χ3n) is 5.02. The van der Waals surface area contributed by atoms with Gasteiger partial charge in [-0.25, -0.2) is 9.18 Å². The second-order valence-corrected chi connectivity index (χ2v) is 6.66. The Labute approximate surface area is 152 Å². The van der Waals surface area contributed by atoms with Crippen molar-refractivity contribution in [1.82, 2.24) is 15.2 Å². The van der Waals surface area contributed by atoms with Crippen molar-refractivity contribution in [1.29, 1.82) is 0 Å². The molecule has 0 saturated heterocycles. The molecular weight excluding hydrogens is 329 g/mol. The van der Waals surface area contributed by atoms with Crippen LogP contribution in [0.4, 0.5) is 9.18 Å². The molecule has 2 aromatic carbocycles. The molecule has 0 bridgehead atoms. The van der Waals surface area contributed by atoms with Crippen LogP contribution in [0.5, 0.6) is 0 Å². The van der Waals surface area contributed by atoms with E-state index in [1.165, 1.54) is 11.6 Å². The van der Waals surface area contributed by atoms with Crippen molar-refractivity contribution in [3.8, 4) is 0 Å². The summed E-state index contributed by atoms with van der Waals surface area (Å²) in [5.41, 5.74) is 3.63. The molecule has 2 N–H and O–H groups in total. The SMILES string of the molecule is CCCNC(=O)N1CCc2c([nH]c3ccccc23)[C@H]1c1ccccc1F. The lowest BCUT2D eigenvalue weighted by atomic mass is 9.92. The Morgan fingerprint density at radius 3 is 2.81 bits per heavy atom. The monoisotopic (exact) mass is 351 g/mol. The quantitative estimate of drug-likeness (QED) is 0.723. The van der Waals surface area contributed by atoms with Crippen LogP contribution in [0.3, 0.4) is 0 Å². The van der Waals surface area contributed by atoms with Crippen LogP contribution in [0.15, 0.2) is 48.5 Å². The van der Waals surface area contributed by atoms with Crippen LogP contribution in [-0.4, -0.2) is 29.0 Å². The fourth-order valence-electron chi connectivity index (χ4n) is 3.81. The number of rotatable bonds is 3. The molecule has 1 aliphatic heterocycles. The molecular formula is C21H22FN3O. The molecule has 4 nitrogen and oxygen atoms in total. The summed E-state index contributed by atoms with van der Waals surface area (Å²) < 4.78 is 14.6. The van der Waals surface area contributed by atoms with E-state index in [1.807, 2.05) is 31.2 Å². The summed E-state index contributed by atoms with van der Waals surface area (Å²) in [7, 11) is 0. The minimum atomic E-state index is -0.454. The van der Waals surface area contributed by atoms with Crippen molar-refractivity contribution >= 4 is 16.9 Å². The van der Waals surface area contributed by atoms with Crippen LogP contribution in [-0.2, 0) is 6.42 Å². The van der Waals surface area contributed by atoms with Gasteiger partial charge in [-0.1, -0.05) is 43.3 Å². The van der Waals surface area contributed by atoms with E-state index in [0.29, 0.717) is 18.7 Å². The first kappa shape index (κ1) is 16.6. The molecule has 0 radical (unpaired) electrons. The molecule has 0 unspecified atom stereocenters. The van der Waals surface area contributed by atoms with Crippen LogP contribution in [0.25, 0.3) is 10.9 Å². The molecule has 0 aliphatic carbocycles. The van der Waals surface area contributed by atoms with E-state index in [-0.39, 0.29) is 11.8 Å². The lowest BCUT2D eigenvalue weighted by molar-refractivity contribution is 0.178. The van der Waals surface area contributed by atoms with Crippen LogP contribution >= 0.6 is 0 Å². The van der Waals surface area contributed by atoms with Gasteiger partial charge < -0.3 is 15.2 Å². The average molecular weight is 351 g/mol. The van der Waals surface area contributed by atoms with Crippen molar-refractivity contribution in [3.63, 3.8) is 0 Å². The number of para-hydroxylation sites is 1. The Hall–Kier alpha value is -2.82. The van der Waals surface area contributed by atoms with Crippen LogP contribution in [0.2, 0.25) is 0 Å². The summed E-state index contributed by atoms with van der Waals surface area (Å²) in [4.78, 5) is 17.9. The maximum atomic E-state index is 14.6. The fourth-order valence-corrected chi connectivity index (χ4v) is 3.81. The number of nitrogens with zero attached hydrogens (tertiary/aromatic N) is 1. The molecule has 5 heteroatoms. The summed E-state index contributed by atoms with van der Waals surface area (Å²) in [5, 5.41) is 4.09. The topological polar surface area (TPSA) is 48.1 Å². The van der Waals surface area contributed by atoms with Crippen LogP contribution < -0.4 is 5.32 Å². The molecule has 2 heterocycles. The number of amides is 2. The highest BCUT2D eigenvalue weighted by Crippen LogP contribution is 2.39. The minimum absolute atomic E-state index is 0.149. The Bertz CT molecular complexity index is 949. The van der Waals surface area contributed by atoms with Crippen molar-refractivity contribution in [3.05, 3.63) is 71.2 Å². The molecule has 3 aromatic rings. The molecule has 1 aliphatic rings. The van der Waals surface area contributed by atoms with Gasteiger partial charge in [-0.15, -0.1) is 0 Å². The third kappa shape index (κ3) is 2.73. The number of H-pyrrole nitrogens is 1. The molecule has 4 rings (SSSR count). The Morgan fingerprint density at radius 1 is 1.23 bits per heavy atom. The minimum Gasteiger partial charge on any atom is -0.356 e. The first-order chi connectivity index (χ1) is 12.7. The van der Waals surface area contributed by atoms with Crippen molar-refractivity contribution in [2.45, 2.75) is 25.8 Å². The van der Waals surface area contributed by atoms with Gasteiger partial charge >= 0.3 is 6.03 Å². The summed E-state index contributed by atoms with van der Waals surface area (Å²) in [6.45, 7) is 3.18. The van der Waals surface area contributed by atoms with Crippen LogP contribution in [0, 0.1) is 5.82 Å². The molecule has 0 spiro atoms. The smallest absolute Gasteiger partial charge is 0.318 e. The molecule has 2 amide bonds. The highest BCUT2D eigenvalue weighted by molar-refractivity contribution is 5.86. The van der Waals surface area contributed by atoms with E-state index >= 15 is 0 Å². The Kier molecular flexibility index (Phi) is 4.37. The molecule has 0 fully saturated rings. The zero-order valence-electron chi connectivity index (χ0n) is 14.8. The first-order valence-electron chi connectivity index (χ1n) is 9.09. The van der Waals surface area contributed by atoms with Gasteiger partial charge in [0.05, 0.1) is 0 Å². The van der Waals surface area contributed by atoms with Crippen molar-refractivity contribution in [2.24, 2.45) is 0 Å². The third-order valence-corrected chi connectivity index (χ3v) is 5.02. The second-order valence-electron chi connectivity index (χ2n) is 6.66. The molecule has 134 valence electrons. The lowest BCUT2D eigenvalue weighted by Crippen LogP contribution is -2.46. The molecule has 26 heavy (non-hydrogen) atoms. The van der Waals surface area contributed by atoms with Gasteiger partial charge in [-0.3, -0.25) is 0 Å². The standard InChI is InChI=1S/C21H22FN3O/c1-2-12-23-21(26)25-13-11-15-14-7-4-6-10-18(14)24-19(15)20(25)16-8-3-5-9-17(16)22/h3-10,20,24H,2,11-13H2,1H3,(H,23,26)/t20-/m1/s1. The summed E-state index contributed by atoms with van der Waals surface area (Å²) >= 11 is 0. The van der Waals surface area contributed by atoms with Gasteiger partial charge in [0.2, 0.25) is 0 Å². The van der Waals surface area contributed by atoms with Gasteiger partial charge in [0.15, 0.2) is 0 Å². The average Bonchev–Trinajstić information content (AvgIpc) is 3.04. The van der Waals surface area contributed by atoms with E-state index in [2.05, 4.69) is 16.4 Å². The predicted octanol–water partition coefficient (Wildman–Crippen LogP) is 4.37. The Morgan fingerprint density at radius 2 is 2.00 bits per heavy atom. The number of fused-ring (bicyclic) bond motifs is 3. The number of carbonyl (C=O) groups excluding carboxylic acids is 1. The highest BCUT2D eigenvalue weighted by atomic mass is 19.1. The first-order valence-corrected chi connectivity index (χ1v) is 9.09. The predicted molar refractivity (Wildman–Crippen MR) is 101 cm³/mol. The van der Waals surface area contributed by atoms with Gasteiger partial charge in [-0.2, -0.15) is 0 Å². The van der Waals surface area contributed by atoms with E-state index in [0.717, 1.165) is 29.4 Å². The maximum Gasteiger partial charge on any atom is 0.318 e. The van der Waals surface area contributed by atoms with Crippen molar-refractivity contribution < 1.29 is 9.18 Å². The summed E-state index contributed by atoms with van der Waals surface area (Å²) in [6, 6.07) is 14.2. The number of benzene rings is 2. The normalized spacial score (nSPS) is 16.5. The van der Waals surface area contributed by atoms with Gasteiger partial charge in [0.1, 0.15) is 11.9 Å². The number of hydrogen-bond donors (Lipinski definition) is 2. The van der Waals surface area contributed by atoms with E-state index in [1.54, 1.807) is 17.0 Å². The number of carbonyl (C=O) groups is 1. The second kappa shape index (κ2) is 6.83. The van der Waals surface area contributed by atoms with E-state index in [4.69, 9.17) is 0 Å². The number of urea groups is 1. The highest BCUT2D eigenvalue weighted by Gasteiger charge is 2.35. The van der Waals surface area contributed by atoms with E-state index < -0.39 is 6.04 Å². The van der Waals surface area contributed by atoms with Gasteiger partial charge in [0, 0.05) is 35.2 Å². The molecule has 1 aromatic heterocycles. The van der Waals surface area contributed by atoms with Crippen LogP contribution in [0.1, 0.15) is 36.2 Å². The zero-order valence-corrected chi connectivity index (χ0v) is 14.8. The molecule has 1 atom stereocenters. The van der Waals surface area contributed by atoms with E-state index in [9.17, 15) is 9.18 Å². The summed E-state index contributed by atoms with van der Waals surface area (Å²) in [5.74, 6) is -0.294. The number of aromatic nitrogens is 1. The Balaban J connectivity index is 1.85. The fraction of sp³-hybridized carbons (Fsp3) is 0.286. The largest absolute Gasteiger partial charge is 0.356 e. The summed E-state index contributed by atoms with van der Waals surface area (Å²) in [6.07, 6.45) is 1.62. The van der Waals surface area contributed by atoms with Crippen molar-refractivity contribution in [2.75, 3.05) is 13.1 Å². The number of nitrogens with one attached hydrogen (secondary N) is 2. The van der Waals surface area contributed by atoms with Gasteiger partial charge in [0.25, 0.3) is 0 Å². The number of hydrogen-bond acceptors (Lipinski definition) is 1. The maximum absolute atomic E-state index is 14.6. The number of halogens is 1. The number of aromatic amines is 1. The van der Waals surface area contributed by atoms with Gasteiger partial charge in [-0.05, 0) is 30.5 Å².